The highest BCUT2D eigenvalue weighted by Gasteiger charge is 2.11. The number of anilines is 2. The largest absolute Gasteiger partial charge is 0.339 e. The van der Waals surface area contributed by atoms with Crippen LogP contribution < -0.4 is 5.32 Å². The van der Waals surface area contributed by atoms with E-state index < -0.39 is 11.6 Å². The Morgan fingerprint density at radius 1 is 1.17 bits per heavy atom. The highest BCUT2D eigenvalue weighted by Crippen LogP contribution is 2.21. The van der Waals surface area contributed by atoms with Gasteiger partial charge in [-0.15, -0.1) is 5.10 Å². The number of rotatable bonds is 4. The van der Waals surface area contributed by atoms with Gasteiger partial charge >= 0.3 is 0 Å². The lowest BCUT2D eigenvalue weighted by atomic mass is 10.2. The summed E-state index contributed by atoms with van der Waals surface area (Å²) in [5.74, 6) is -1.43. The predicted molar refractivity (Wildman–Crippen MR) is 85.1 cm³/mol. The van der Waals surface area contributed by atoms with Crippen LogP contribution in [-0.4, -0.2) is 14.8 Å². The summed E-state index contributed by atoms with van der Waals surface area (Å²) < 4.78 is 27.9. The van der Waals surface area contributed by atoms with Crippen LogP contribution in [0.15, 0.2) is 42.6 Å². The zero-order valence-corrected chi connectivity index (χ0v) is 12.8. The quantitative estimate of drug-likeness (QED) is 0.795. The summed E-state index contributed by atoms with van der Waals surface area (Å²) in [5.41, 5.74) is 2.63. The Bertz CT molecular complexity index is 927. The molecule has 0 fully saturated rings. The maximum absolute atomic E-state index is 13.3. The molecular formula is C17H13F2N5. The Morgan fingerprint density at radius 2 is 2.00 bits per heavy atom. The molecule has 0 unspecified atom stereocenters. The Kier molecular flexibility index (Phi) is 4.20. The van der Waals surface area contributed by atoms with Crippen LogP contribution in [0, 0.1) is 29.9 Å². The number of aryl methyl sites for hydroxylation is 1. The molecule has 3 aromatic rings. The van der Waals surface area contributed by atoms with E-state index in [9.17, 15) is 8.78 Å². The molecule has 0 aliphatic heterocycles. The molecule has 1 N–H and O–H groups in total. The van der Waals surface area contributed by atoms with Crippen LogP contribution in [0.25, 0.3) is 5.69 Å². The van der Waals surface area contributed by atoms with Gasteiger partial charge in [0.05, 0.1) is 23.9 Å². The van der Waals surface area contributed by atoms with Crippen molar-refractivity contribution >= 4 is 11.5 Å². The number of aromatic nitrogens is 3. The summed E-state index contributed by atoms with van der Waals surface area (Å²) in [4.78, 5) is 4.13. The van der Waals surface area contributed by atoms with Crippen molar-refractivity contribution in [1.29, 1.82) is 5.26 Å². The Balaban J connectivity index is 1.96. The monoisotopic (exact) mass is 325 g/mol. The minimum absolute atomic E-state index is 0.161. The van der Waals surface area contributed by atoms with Gasteiger partial charge in [0.1, 0.15) is 0 Å². The van der Waals surface area contributed by atoms with Gasteiger partial charge in [0, 0.05) is 29.7 Å². The van der Waals surface area contributed by atoms with Crippen LogP contribution >= 0.6 is 0 Å². The van der Waals surface area contributed by atoms with E-state index in [-0.39, 0.29) is 6.42 Å². The number of hydrogen-bond acceptors (Lipinski definition) is 4. The van der Waals surface area contributed by atoms with E-state index in [1.165, 1.54) is 6.07 Å². The van der Waals surface area contributed by atoms with Gasteiger partial charge < -0.3 is 5.32 Å². The molecule has 7 heteroatoms. The van der Waals surface area contributed by atoms with Crippen molar-refractivity contribution < 1.29 is 8.78 Å². The van der Waals surface area contributed by atoms with Gasteiger partial charge in [0.15, 0.2) is 17.5 Å². The minimum atomic E-state index is -0.943. The summed E-state index contributed by atoms with van der Waals surface area (Å²) in [5, 5.41) is 16.3. The molecule has 120 valence electrons. The molecule has 24 heavy (non-hydrogen) atoms. The molecule has 0 spiro atoms. The molecule has 3 rings (SSSR count). The van der Waals surface area contributed by atoms with Crippen molar-refractivity contribution in [3.63, 3.8) is 0 Å². The molecular weight excluding hydrogens is 312 g/mol. The number of nitrogens with one attached hydrogen (secondary N) is 1. The lowest BCUT2D eigenvalue weighted by Crippen LogP contribution is -2.03. The number of pyridine rings is 1. The first-order valence-electron chi connectivity index (χ1n) is 7.18. The van der Waals surface area contributed by atoms with Crippen LogP contribution in [-0.2, 0) is 6.42 Å². The van der Waals surface area contributed by atoms with Gasteiger partial charge in [-0.3, -0.25) is 4.98 Å². The van der Waals surface area contributed by atoms with Gasteiger partial charge in [-0.25, -0.2) is 13.5 Å². The molecule has 5 nitrogen and oxygen atoms in total. The van der Waals surface area contributed by atoms with Crippen LogP contribution in [0.1, 0.15) is 11.4 Å². The molecule has 2 heterocycles. The number of benzene rings is 1. The molecule has 2 aromatic heterocycles. The van der Waals surface area contributed by atoms with E-state index in [0.29, 0.717) is 17.2 Å². The van der Waals surface area contributed by atoms with E-state index in [2.05, 4.69) is 21.5 Å². The van der Waals surface area contributed by atoms with Gasteiger partial charge in [-0.05, 0) is 31.2 Å². The molecule has 0 aliphatic carbocycles. The predicted octanol–water partition coefficient (Wildman–Crippen LogP) is 3.66. The molecule has 0 bridgehead atoms. The van der Waals surface area contributed by atoms with Crippen molar-refractivity contribution in [1.82, 2.24) is 14.8 Å². The fourth-order valence-electron chi connectivity index (χ4n) is 2.30. The highest BCUT2D eigenvalue weighted by molar-refractivity contribution is 5.57. The van der Waals surface area contributed by atoms with Crippen LogP contribution in [0.2, 0.25) is 0 Å². The summed E-state index contributed by atoms with van der Waals surface area (Å²) in [6, 6.07) is 10.9. The van der Waals surface area contributed by atoms with Crippen molar-refractivity contribution in [2.24, 2.45) is 0 Å². The summed E-state index contributed by atoms with van der Waals surface area (Å²) in [6.07, 6.45) is 1.82. The fourth-order valence-corrected chi connectivity index (χ4v) is 2.30. The molecule has 0 saturated heterocycles. The third-order valence-corrected chi connectivity index (χ3v) is 3.36. The minimum Gasteiger partial charge on any atom is -0.339 e. The average Bonchev–Trinajstić information content (AvgIpc) is 2.94. The molecule has 0 radical (unpaired) electrons. The van der Waals surface area contributed by atoms with E-state index in [1.54, 1.807) is 23.0 Å². The standard InChI is InChI=1S/C17H13F2N5/c1-11-8-14(5-7-21-11)24-13(4-6-20)10-17(23-24)22-12-2-3-15(18)16(19)9-12/h2-3,5,7-10H,4H2,1H3,(H,22,23). The van der Waals surface area contributed by atoms with Gasteiger partial charge in [0.25, 0.3) is 0 Å². The van der Waals surface area contributed by atoms with Crippen LogP contribution in [0.3, 0.4) is 0 Å². The Morgan fingerprint density at radius 3 is 2.71 bits per heavy atom. The zero-order valence-electron chi connectivity index (χ0n) is 12.8. The Labute approximate surface area is 137 Å². The third-order valence-electron chi connectivity index (χ3n) is 3.36. The first-order valence-corrected chi connectivity index (χ1v) is 7.18. The maximum Gasteiger partial charge on any atom is 0.160 e. The molecule has 1 aromatic carbocycles. The van der Waals surface area contributed by atoms with Crippen molar-refractivity contribution in [2.45, 2.75) is 13.3 Å². The SMILES string of the molecule is Cc1cc(-n2nc(Nc3ccc(F)c(F)c3)cc2CC#N)ccn1. The van der Waals surface area contributed by atoms with Crippen LogP contribution in [0.4, 0.5) is 20.3 Å². The van der Waals surface area contributed by atoms with E-state index in [0.717, 1.165) is 23.5 Å². The average molecular weight is 325 g/mol. The normalized spacial score (nSPS) is 10.4. The summed E-state index contributed by atoms with van der Waals surface area (Å²) in [6.45, 7) is 1.86. The maximum atomic E-state index is 13.3. The molecule has 0 atom stereocenters. The second-order valence-electron chi connectivity index (χ2n) is 5.18. The summed E-state index contributed by atoms with van der Waals surface area (Å²) >= 11 is 0. The van der Waals surface area contributed by atoms with Gasteiger partial charge in [-0.2, -0.15) is 5.26 Å². The van der Waals surface area contributed by atoms with E-state index in [1.807, 2.05) is 13.0 Å². The number of halogens is 2. The van der Waals surface area contributed by atoms with Crippen molar-refractivity contribution in [3.05, 3.63) is 65.6 Å². The topological polar surface area (TPSA) is 66.5 Å². The Hall–Kier alpha value is -3.27. The number of hydrogen-bond donors (Lipinski definition) is 1. The third kappa shape index (κ3) is 3.22. The molecule has 0 aliphatic rings. The first-order chi connectivity index (χ1) is 11.6. The van der Waals surface area contributed by atoms with Crippen LogP contribution in [0.5, 0.6) is 0 Å². The fraction of sp³-hybridized carbons (Fsp3) is 0.118. The van der Waals surface area contributed by atoms with Gasteiger partial charge in [0.2, 0.25) is 0 Å². The van der Waals surface area contributed by atoms with Gasteiger partial charge in [-0.1, -0.05) is 0 Å². The first kappa shape index (κ1) is 15.6. The van der Waals surface area contributed by atoms with E-state index in [4.69, 9.17) is 5.26 Å². The number of nitriles is 1. The van der Waals surface area contributed by atoms with Crippen molar-refractivity contribution in [3.8, 4) is 11.8 Å². The zero-order chi connectivity index (χ0) is 17.1. The second-order valence-corrected chi connectivity index (χ2v) is 5.18. The number of nitrogens with zero attached hydrogens (tertiary/aromatic N) is 4. The van der Waals surface area contributed by atoms with E-state index >= 15 is 0 Å². The van der Waals surface area contributed by atoms with Crippen molar-refractivity contribution in [2.75, 3.05) is 5.32 Å². The molecule has 0 amide bonds. The summed E-state index contributed by atoms with van der Waals surface area (Å²) in [7, 11) is 0. The second kappa shape index (κ2) is 6.46. The lowest BCUT2D eigenvalue weighted by molar-refractivity contribution is 0.509. The molecule has 0 saturated carbocycles. The smallest absolute Gasteiger partial charge is 0.160 e. The lowest BCUT2D eigenvalue weighted by Gasteiger charge is -2.06. The highest BCUT2D eigenvalue weighted by atomic mass is 19.2.